The topological polar surface area (TPSA) is 77.6 Å². The number of halogens is 3. The SMILES string of the molecule is Cc1ccccc1Cn1cnc(NC(=O)c2cc(C(F)(F)F)n(C)n2)n1. The van der Waals surface area contributed by atoms with E-state index in [-0.39, 0.29) is 11.6 Å². The number of aromatic nitrogens is 5. The second kappa shape index (κ2) is 6.62. The van der Waals surface area contributed by atoms with Crippen molar-refractivity contribution >= 4 is 11.9 Å². The van der Waals surface area contributed by atoms with E-state index in [2.05, 4.69) is 20.5 Å². The van der Waals surface area contributed by atoms with Crippen LogP contribution in [0, 0.1) is 6.92 Å². The maximum Gasteiger partial charge on any atom is 0.433 e. The van der Waals surface area contributed by atoms with Crippen molar-refractivity contribution in [1.29, 1.82) is 0 Å². The molecule has 1 N–H and O–H groups in total. The highest BCUT2D eigenvalue weighted by atomic mass is 19.4. The van der Waals surface area contributed by atoms with Gasteiger partial charge in [0.25, 0.3) is 5.91 Å². The van der Waals surface area contributed by atoms with Gasteiger partial charge in [-0.25, -0.2) is 9.67 Å². The number of nitrogens with zero attached hydrogens (tertiary/aromatic N) is 5. The van der Waals surface area contributed by atoms with Gasteiger partial charge in [-0.3, -0.25) is 14.8 Å². The van der Waals surface area contributed by atoms with Crippen molar-refractivity contribution in [2.24, 2.45) is 7.05 Å². The number of aryl methyl sites for hydroxylation is 2. The normalized spacial score (nSPS) is 11.6. The maximum absolute atomic E-state index is 12.8. The van der Waals surface area contributed by atoms with Gasteiger partial charge in [0.15, 0.2) is 5.69 Å². The van der Waals surface area contributed by atoms with E-state index in [1.165, 1.54) is 11.0 Å². The highest BCUT2D eigenvalue weighted by molar-refractivity contribution is 6.01. The zero-order valence-corrected chi connectivity index (χ0v) is 13.9. The van der Waals surface area contributed by atoms with Crippen molar-refractivity contribution in [3.8, 4) is 0 Å². The minimum atomic E-state index is -4.59. The smallest absolute Gasteiger partial charge is 0.288 e. The molecule has 10 heteroatoms. The van der Waals surface area contributed by atoms with Crippen molar-refractivity contribution in [1.82, 2.24) is 24.5 Å². The molecule has 26 heavy (non-hydrogen) atoms. The Morgan fingerprint density at radius 2 is 1.96 bits per heavy atom. The fourth-order valence-electron chi connectivity index (χ4n) is 2.40. The molecule has 2 heterocycles. The van der Waals surface area contributed by atoms with Crippen LogP contribution in [-0.4, -0.2) is 30.5 Å². The van der Waals surface area contributed by atoms with Crippen molar-refractivity contribution in [2.45, 2.75) is 19.6 Å². The third kappa shape index (κ3) is 3.73. The molecule has 136 valence electrons. The van der Waals surface area contributed by atoms with Crippen LogP contribution in [0.15, 0.2) is 36.7 Å². The number of nitrogens with one attached hydrogen (secondary N) is 1. The van der Waals surface area contributed by atoms with E-state index in [1.807, 2.05) is 31.2 Å². The van der Waals surface area contributed by atoms with E-state index in [0.717, 1.165) is 18.2 Å². The predicted octanol–water partition coefficient (Wildman–Crippen LogP) is 2.64. The number of amides is 1. The Balaban J connectivity index is 1.71. The second-order valence-electron chi connectivity index (χ2n) is 5.68. The molecule has 0 radical (unpaired) electrons. The van der Waals surface area contributed by atoms with Crippen molar-refractivity contribution in [3.63, 3.8) is 0 Å². The molecule has 1 aromatic carbocycles. The average molecular weight is 364 g/mol. The third-order valence-corrected chi connectivity index (χ3v) is 3.76. The van der Waals surface area contributed by atoms with Crippen molar-refractivity contribution < 1.29 is 18.0 Å². The summed E-state index contributed by atoms with van der Waals surface area (Å²) in [5, 5.41) is 10.0. The van der Waals surface area contributed by atoms with E-state index in [1.54, 1.807) is 0 Å². The third-order valence-electron chi connectivity index (χ3n) is 3.76. The monoisotopic (exact) mass is 364 g/mol. The minimum absolute atomic E-state index is 0.0113. The lowest BCUT2D eigenvalue weighted by Gasteiger charge is -2.04. The van der Waals surface area contributed by atoms with Gasteiger partial charge >= 0.3 is 6.18 Å². The van der Waals surface area contributed by atoms with E-state index < -0.39 is 17.8 Å². The maximum atomic E-state index is 12.8. The molecule has 2 aromatic heterocycles. The van der Waals surface area contributed by atoms with Crippen LogP contribution in [0.1, 0.15) is 27.3 Å². The molecule has 3 rings (SSSR count). The zero-order valence-electron chi connectivity index (χ0n) is 13.9. The molecule has 0 spiro atoms. The Kier molecular flexibility index (Phi) is 4.49. The number of benzene rings is 1. The van der Waals surface area contributed by atoms with Gasteiger partial charge in [0.1, 0.15) is 12.0 Å². The van der Waals surface area contributed by atoms with Crippen molar-refractivity contribution in [2.75, 3.05) is 5.32 Å². The van der Waals surface area contributed by atoms with E-state index in [4.69, 9.17) is 0 Å². The first-order chi connectivity index (χ1) is 12.2. The molecule has 7 nitrogen and oxygen atoms in total. The summed E-state index contributed by atoms with van der Waals surface area (Å²) in [6.07, 6.45) is -3.16. The van der Waals surface area contributed by atoms with Gasteiger partial charge in [0.2, 0.25) is 5.95 Å². The summed E-state index contributed by atoms with van der Waals surface area (Å²) < 4.78 is 40.5. The molecule has 0 saturated heterocycles. The summed E-state index contributed by atoms with van der Waals surface area (Å²) in [4.78, 5) is 16.0. The van der Waals surface area contributed by atoms with Gasteiger partial charge in [-0.05, 0) is 18.1 Å². The van der Waals surface area contributed by atoms with Gasteiger partial charge in [-0.1, -0.05) is 24.3 Å². The Morgan fingerprint density at radius 3 is 2.62 bits per heavy atom. The first kappa shape index (κ1) is 17.6. The summed E-state index contributed by atoms with van der Waals surface area (Å²) >= 11 is 0. The molecular weight excluding hydrogens is 349 g/mol. The highest BCUT2D eigenvalue weighted by Crippen LogP contribution is 2.29. The molecule has 0 aliphatic heterocycles. The number of carbonyl (C=O) groups excluding carboxylic acids is 1. The number of hydrogen-bond acceptors (Lipinski definition) is 4. The van der Waals surface area contributed by atoms with Crippen LogP contribution in [0.25, 0.3) is 0 Å². The van der Waals surface area contributed by atoms with Crippen LogP contribution in [-0.2, 0) is 19.8 Å². The summed E-state index contributed by atoms with van der Waals surface area (Å²) in [7, 11) is 1.12. The number of anilines is 1. The number of rotatable bonds is 4. The largest absolute Gasteiger partial charge is 0.433 e. The molecule has 0 saturated carbocycles. The van der Waals surface area contributed by atoms with Gasteiger partial charge in [-0.15, -0.1) is 5.10 Å². The predicted molar refractivity (Wildman–Crippen MR) is 86.5 cm³/mol. The van der Waals surface area contributed by atoms with Gasteiger partial charge in [0, 0.05) is 13.1 Å². The lowest BCUT2D eigenvalue weighted by Crippen LogP contribution is -2.14. The summed E-state index contributed by atoms with van der Waals surface area (Å²) in [6, 6.07) is 8.42. The van der Waals surface area contributed by atoms with Crippen LogP contribution in [0.4, 0.5) is 19.1 Å². The molecule has 3 aromatic rings. The fraction of sp³-hybridized carbons (Fsp3) is 0.250. The van der Waals surface area contributed by atoms with Crippen LogP contribution < -0.4 is 5.32 Å². The van der Waals surface area contributed by atoms with Gasteiger partial charge < -0.3 is 0 Å². The summed E-state index contributed by atoms with van der Waals surface area (Å²) in [6.45, 7) is 2.42. The van der Waals surface area contributed by atoms with E-state index in [9.17, 15) is 18.0 Å². The molecule has 0 unspecified atom stereocenters. The fourth-order valence-corrected chi connectivity index (χ4v) is 2.40. The molecule has 1 amide bonds. The second-order valence-corrected chi connectivity index (χ2v) is 5.68. The Labute approximate surface area is 146 Å². The molecule has 0 fully saturated rings. The molecule has 0 aliphatic rings. The Bertz CT molecular complexity index is 944. The average Bonchev–Trinajstić information content (AvgIpc) is 3.16. The molecule has 0 aliphatic carbocycles. The van der Waals surface area contributed by atoms with Crippen LogP contribution >= 0.6 is 0 Å². The summed E-state index contributed by atoms with van der Waals surface area (Å²) in [5.74, 6) is -0.826. The van der Waals surface area contributed by atoms with E-state index in [0.29, 0.717) is 17.3 Å². The number of alkyl halides is 3. The quantitative estimate of drug-likeness (QED) is 0.772. The van der Waals surface area contributed by atoms with Crippen LogP contribution in [0.2, 0.25) is 0 Å². The molecule has 0 bridgehead atoms. The van der Waals surface area contributed by atoms with Crippen LogP contribution in [0.5, 0.6) is 0 Å². The first-order valence-corrected chi connectivity index (χ1v) is 7.60. The lowest BCUT2D eigenvalue weighted by molar-refractivity contribution is -0.143. The van der Waals surface area contributed by atoms with Gasteiger partial charge in [-0.2, -0.15) is 18.3 Å². The van der Waals surface area contributed by atoms with Gasteiger partial charge in [0.05, 0.1) is 6.54 Å². The lowest BCUT2D eigenvalue weighted by atomic mass is 10.1. The Hall–Kier alpha value is -3.17. The molecular formula is C16H15F3N6O. The molecule has 0 atom stereocenters. The highest BCUT2D eigenvalue weighted by Gasteiger charge is 2.35. The number of carbonyl (C=O) groups is 1. The zero-order chi connectivity index (χ0) is 18.9. The summed E-state index contributed by atoms with van der Waals surface area (Å²) in [5.41, 5.74) is 0.743. The van der Waals surface area contributed by atoms with E-state index >= 15 is 0 Å². The standard InChI is InChI=1S/C16H15F3N6O/c1-10-5-3-4-6-11(10)8-25-9-20-15(23-25)21-14(26)12-7-13(16(17,18)19)24(2)22-12/h3-7,9H,8H2,1-2H3,(H,21,23,26). The minimum Gasteiger partial charge on any atom is -0.288 e. The Morgan fingerprint density at radius 1 is 1.23 bits per heavy atom. The first-order valence-electron chi connectivity index (χ1n) is 7.60. The van der Waals surface area contributed by atoms with Crippen molar-refractivity contribution in [3.05, 3.63) is 59.2 Å². The van der Waals surface area contributed by atoms with Crippen LogP contribution in [0.3, 0.4) is 0 Å². The number of hydrogen-bond donors (Lipinski definition) is 1.